The lowest BCUT2D eigenvalue weighted by Crippen LogP contribution is -2.36. The molecule has 1 N–H and O–H groups in total. The highest BCUT2D eigenvalue weighted by Gasteiger charge is 2.19. The van der Waals surface area contributed by atoms with E-state index in [0.29, 0.717) is 0 Å². The van der Waals surface area contributed by atoms with E-state index in [4.69, 9.17) is 4.98 Å². The standard InChI is InChI=1S/C17H30N4/c1-4-18-12-16-6-5-7-17(19-16)14-21-10-8-15(9-11-21)13-20(2)3/h5-7,15,18H,4,8-14H2,1-3H3. The van der Waals surface area contributed by atoms with Crippen molar-refractivity contribution in [2.45, 2.75) is 32.9 Å². The van der Waals surface area contributed by atoms with Gasteiger partial charge in [-0.25, -0.2) is 0 Å². The topological polar surface area (TPSA) is 31.4 Å². The molecular formula is C17H30N4. The molecule has 21 heavy (non-hydrogen) atoms. The normalized spacial score (nSPS) is 17.5. The first-order valence-corrected chi connectivity index (χ1v) is 8.20. The van der Waals surface area contributed by atoms with Crippen molar-refractivity contribution >= 4 is 0 Å². The smallest absolute Gasteiger partial charge is 0.0547 e. The maximum atomic E-state index is 4.76. The lowest BCUT2D eigenvalue weighted by atomic mass is 9.96. The monoisotopic (exact) mass is 290 g/mol. The Labute approximate surface area is 129 Å². The van der Waals surface area contributed by atoms with E-state index in [1.807, 2.05) is 0 Å². The third-order valence-electron chi connectivity index (χ3n) is 4.14. The zero-order chi connectivity index (χ0) is 15.1. The molecule has 1 aliphatic rings. The molecule has 0 radical (unpaired) electrons. The van der Waals surface area contributed by atoms with Gasteiger partial charge in [0.1, 0.15) is 0 Å². The van der Waals surface area contributed by atoms with Gasteiger partial charge in [0.15, 0.2) is 0 Å². The Balaban J connectivity index is 1.80. The van der Waals surface area contributed by atoms with Crippen LogP contribution in [0.5, 0.6) is 0 Å². The van der Waals surface area contributed by atoms with Crippen molar-refractivity contribution in [2.75, 3.05) is 40.3 Å². The number of aromatic nitrogens is 1. The molecule has 1 saturated heterocycles. The Hall–Kier alpha value is -0.970. The molecule has 0 aliphatic carbocycles. The van der Waals surface area contributed by atoms with Crippen LogP contribution in [-0.2, 0) is 13.1 Å². The van der Waals surface area contributed by atoms with Gasteiger partial charge >= 0.3 is 0 Å². The highest BCUT2D eigenvalue weighted by Crippen LogP contribution is 2.19. The fourth-order valence-electron chi connectivity index (χ4n) is 3.04. The largest absolute Gasteiger partial charge is 0.311 e. The fraction of sp³-hybridized carbons (Fsp3) is 0.706. The van der Waals surface area contributed by atoms with E-state index in [9.17, 15) is 0 Å². The number of hydrogen-bond acceptors (Lipinski definition) is 4. The van der Waals surface area contributed by atoms with Crippen molar-refractivity contribution in [3.05, 3.63) is 29.6 Å². The molecule has 4 heteroatoms. The quantitative estimate of drug-likeness (QED) is 0.832. The molecule has 0 atom stereocenters. The minimum Gasteiger partial charge on any atom is -0.311 e. The highest BCUT2D eigenvalue weighted by atomic mass is 15.1. The second kappa shape index (κ2) is 8.47. The number of pyridine rings is 1. The van der Waals surface area contributed by atoms with Crippen molar-refractivity contribution in [3.8, 4) is 0 Å². The highest BCUT2D eigenvalue weighted by molar-refractivity contribution is 5.11. The number of nitrogens with one attached hydrogen (secondary N) is 1. The zero-order valence-electron chi connectivity index (χ0n) is 13.8. The predicted octanol–water partition coefficient (Wildman–Crippen LogP) is 1.96. The molecule has 2 heterocycles. The first kappa shape index (κ1) is 16.4. The predicted molar refractivity (Wildman–Crippen MR) is 88.2 cm³/mol. The van der Waals surface area contributed by atoms with E-state index in [0.717, 1.165) is 31.2 Å². The van der Waals surface area contributed by atoms with Crippen molar-refractivity contribution in [1.82, 2.24) is 20.1 Å². The first-order chi connectivity index (χ1) is 10.2. The molecule has 0 aromatic carbocycles. The van der Waals surface area contributed by atoms with Gasteiger partial charge in [0.05, 0.1) is 11.4 Å². The van der Waals surface area contributed by atoms with E-state index < -0.39 is 0 Å². The minimum atomic E-state index is 0.865. The summed E-state index contributed by atoms with van der Waals surface area (Å²) >= 11 is 0. The molecule has 0 unspecified atom stereocenters. The van der Waals surface area contributed by atoms with Crippen molar-refractivity contribution in [2.24, 2.45) is 5.92 Å². The van der Waals surface area contributed by atoms with Crippen LogP contribution in [0.25, 0.3) is 0 Å². The van der Waals surface area contributed by atoms with Crippen LogP contribution >= 0.6 is 0 Å². The van der Waals surface area contributed by atoms with Crippen LogP contribution in [-0.4, -0.2) is 55.1 Å². The molecule has 4 nitrogen and oxygen atoms in total. The summed E-state index contributed by atoms with van der Waals surface area (Å²) in [5, 5.41) is 3.34. The van der Waals surface area contributed by atoms with Crippen LogP contribution in [0.2, 0.25) is 0 Å². The average Bonchev–Trinajstić information content (AvgIpc) is 2.47. The molecule has 1 aromatic rings. The zero-order valence-corrected chi connectivity index (χ0v) is 13.8. The maximum absolute atomic E-state index is 4.76. The van der Waals surface area contributed by atoms with Gasteiger partial charge in [-0.15, -0.1) is 0 Å². The molecule has 0 amide bonds. The van der Waals surface area contributed by atoms with Gasteiger partial charge in [0, 0.05) is 19.6 Å². The number of likely N-dealkylation sites (tertiary alicyclic amines) is 1. The first-order valence-electron chi connectivity index (χ1n) is 8.20. The van der Waals surface area contributed by atoms with Crippen molar-refractivity contribution < 1.29 is 0 Å². The van der Waals surface area contributed by atoms with Crippen molar-refractivity contribution in [3.63, 3.8) is 0 Å². The maximum Gasteiger partial charge on any atom is 0.0547 e. The fourth-order valence-corrected chi connectivity index (χ4v) is 3.04. The summed E-state index contributed by atoms with van der Waals surface area (Å²) < 4.78 is 0. The molecule has 0 spiro atoms. The summed E-state index contributed by atoms with van der Waals surface area (Å²) in [6, 6.07) is 6.39. The molecule has 1 fully saturated rings. The molecule has 0 saturated carbocycles. The number of nitrogens with zero attached hydrogens (tertiary/aromatic N) is 3. The van der Waals surface area contributed by atoms with Crippen LogP contribution < -0.4 is 5.32 Å². The number of hydrogen-bond donors (Lipinski definition) is 1. The summed E-state index contributed by atoms with van der Waals surface area (Å²) in [7, 11) is 4.35. The van der Waals surface area contributed by atoms with Gasteiger partial charge in [-0.2, -0.15) is 0 Å². The third-order valence-corrected chi connectivity index (χ3v) is 4.14. The average molecular weight is 290 g/mol. The molecule has 0 bridgehead atoms. The van der Waals surface area contributed by atoms with Gasteiger partial charge in [-0.05, 0) is 64.6 Å². The Morgan fingerprint density at radius 2 is 1.95 bits per heavy atom. The summed E-state index contributed by atoms with van der Waals surface area (Å²) in [6.45, 7) is 8.62. The van der Waals surface area contributed by atoms with Gasteiger partial charge in [-0.1, -0.05) is 13.0 Å². The van der Waals surface area contributed by atoms with Gasteiger partial charge in [0.2, 0.25) is 0 Å². The Kier molecular flexibility index (Phi) is 6.61. The molecule has 1 aliphatic heterocycles. The third kappa shape index (κ3) is 5.73. The Morgan fingerprint density at radius 1 is 1.24 bits per heavy atom. The van der Waals surface area contributed by atoms with Crippen LogP contribution in [0.15, 0.2) is 18.2 Å². The van der Waals surface area contributed by atoms with E-state index in [1.165, 1.54) is 38.2 Å². The van der Waals surface area contributed by atoms with Gasteiger partial charge in [-0.3, -0.25) is 9.88 Å². The Morgan fingerprint density at radius 3 is 2.62 bits per heavy atom. The lowest BCUT2D eigenvalue weighted by molar-refractivity contribution is 0.155. The van der Waals surface area contributed by atoms with E-state index >= 15 is 0 Å². The molecule has 118 valence electrons. The summed E-state index contributed by atoms with van der Waals surface area (Å²) in [6.07, 6.45) is 2.63. The van der Waals surface area contributed by atoms with E-state index in [2.05, 4.69) is 54.3 Å². The summed E-state index contributed by atoms with van der Waals surface area (Å²) in [4.78, 5) is 9.62. The second-order valence-electron chi connectivity index (χ2n) is 6.38. The minimum absolute atomic E-state index is 0.865. The summed E-state index contributed by atoms with van der Waals surface area (Å²) in [5.74, 6) is 0.865. The van der Waals surface area contributed by atoms with Crippen LogP contribution in [0.3, 0.4) is 0 Å². The number of piperidine rings is 1. The van der Waals surface area contributed by atoms with Gasteiger partial charge < -0.3 is 10.2 Å². The lowest BCUT2D eigenvalue weighted by Gasteiger charge is -2.33. The second-order valence-corrected chi connectivity index (χ2v) is 6.38. The molecular weight excluding hydrogens is 260 g/mol. The van der Waals surface area contributed by atoms with E-state index in [1.54, 1.807) is 0 Å². The van der Waals surface area contributed by atoms with Crippen LogP contribution in [0, 0.1) is 5.92 Å². The SMILES string of the molecule is CCNCc1cccc(CN2CCC(CN(C)C)CC2)n1. The van der Waals surface area contributed by atoms with Crippen molar-refractivity contribution in [1.29, 1.82) is 0 Å². The van der Waals surface area contributed by atoms with Crippen LogP contribution in [0.4, 0.5) is 0 Å². The summed E-state index contributed by atoms with van der Waals surface area (Å²) in [5.41, 5.74) is 2.35. The molecule has 1 aromatic heterocycles. The van der Waals surface area contributed by atoms with Crippen LogP contribution in [0.1, 0.15) is 31.2 Å². The number of rotatable bonds is 7. The Bertz CT molecular complexity index is 411. The van der Waals surface area contributed by atoms with Gasteiger partial charge in [0.25, 0.3) is 0 Å². The molecule has 2 rings (SSSR count). The van der Waals surface area contributed by atoms with E-state index in [-0.39, 0.29) is 0 Å².